The highest BCUT2D eigenvalue weighted by atomic mass is 16.4. The van der Waals surface area contributed by atoms with Gasteiger partial charge in [-0.25, -0.2) is 4.79 Å². The summed E-state index contributed by atoms with van der Waals surface area (Å²) < 4.78 is 1.33. The molecule has 0 aliphatic rings. The maximum Gasteiger partial charge on any atom is 0.338 e. The van der Waals surface area contributed by atoms with Gasteiger partial charge in [-0.05, 0) is 13.3 Å². The molecule has 0 aliphatic heterocycles. The molecule has 0 saturated carbocycles. The second-order valence-electron chi connectivity index (χ2n) is 4.70. The van der Waals surface area contributed by atoms with E-state index in [9.17, 15) is 9.59 Å². The minimum atomic E-state index is -1.04. The number of aromatic carboxylic acids is 1. The number of hydrogen-bond donors (Lipinski definition) is 2. The molecule has 1 atom stereocenters. The molecule has 0 bridgehead atoms. The van der Waals surface area contributed by atoms with E-state index in [1.54, 1.807) is 0 Å². The van der Waals surface area contributed by atoms with Crippen molar-refractivity contribution in [2.24, 2.45) is 0 Å². The zero-order chi connectivity index (χ0) is 14.3. The lowest BCUT2D eigenvalue weighted by Crippen LogP contribution is -2.35. The molecule has 0 spiro atoms. The molecule has 1 aromatic rings. The molecule has 1 unspecified atom stereocenters. The van der Waals surface area contributed by atoms with E-state index in [4.69, 9.17) is 5.11 Å². The van der Waals surface area contributed by atoms with Crippen LogP contribution in [0.15, 0.2) is 12.4 Å². The van der Waals surface area contributed by atoms with Crippen LogP contribution >= 0.6 is 0 Å². The SMILES string of the molecule is CCCCCC(C)NC(=O)Cn1cc(C(=O)O)cn1. The van der Waals surface area contributed by atoms with Gasteiger partial charge in [0.05, 0.1) is 11.8 Å². The minimum Gasteiger partial charge on any atom is -0.478 e. The Morgan fingerprint density at radius 1 is 1.47 bits per heavy atom. The average Bonchev–Trinajstić information content (AvgIpc) is 2.77. The Balaban J connectivity index is 2.35. The van der Waals surface area contributed by atoms with Gasteiger partial charge in [0, 0.05) is 12.2 Å². The third-order valence-electron chi connectivity index (χ3n) is 2.83. The van der Waals surface area contributed by atoms with Crippen molar-refractivity contribution in [2.45, 2.75) is 52.1 Å². The molecule has 1 amide bonds. The number of carboxylic acid groups (broad SMARTS) is 1. The van der Waals surface area contributed by atoms with Crippen molar-refractivity contribution < 1.29 is 14.7 Å². The van der Waals surface area contributed by atoms with E-state index in [0.29, 0.717) is 0 Å². The molecule has 0 radical (unpaired) electrons. The maximum absolute atomic E-state index is 11.7. The zero-order valence-corrected chi connectivity index (χ0v) is 11.4. The number of carbonyl (C=O) groups excluding carboxylic acids is 1. The van der Waals surface area contributed by atoms with Crippen LogP contribution in [0, 0.1) is 0 Å². The number of rotatable bonds is 8. The fourth-order valence-corrected chi connectivity index (χ4v) is 1.80. The van der Waals surface area contributed by atoms with Gasteiger partial charge in [0.1, 0.15) is 6.54 Å². The summed E-state index contributed by atoms with van der Waals surface area (Å²) in [5, 5.41) is 15.5. The molecule has 6 nitrogen and oxygen atoms in total. The fraction of sp³-hybridized carbons (Fsp3) is 0.615. The van der Waals surface area contributed by atoms with Crippen molar-refractivity contribution in [2.75, 3.05) is 0 Å². The maximum atomic E-state index is 11.7. The summed E-state index contributed by atoms with van der Waals surface area (Å²) in [6.45, 7) is 4.16. The van der Waals surface area contributed by atoms with Crippen molar-refractivity contribution in [1.29, 1.82) is 0 Å². The Morgan fingerprint density at radius 3 is 2.79 bits per heavy atom. The van der Waals surface area contributed by atoms with Gasteiger partial charge in [0.25, 0.3) is 0 Å². The lowest BCUT2D eigenvalue weighted by molar-refractivity contribution is -0.122. The summed E-state index contributed by atoms with van der Waals surface area (Å²) >= 11 is 0. The number of carbonyl (C=O) groups is 2. The van der Waals surface area contributed by atoms with Crippen LogP contribution in [0.5, 0.6) is 0 Å². The third kappa shape index (κ3) is 5.54. The second kappa shape index (κ2) is 7.56. The summed E-state index contributed by atoms with van der Waals surface area (Å²) in [6.07, 6.45) is 6.97. The first-order valence-corrected chi connectivity index (χ1v) is 6.58. The molecule has 0 aliphatic carbocycles. The Kier molecular flexibility index (Phi) is 6.05. The van der Waals surface area contributed by atoms with Gasteiger partial charge in [-0.15, -0.1) is 0 Å². The van der Waals surface area contributed by atoms with E-state index in [0.717, 1.165) is 19.3 Å². The Hall–Kier alpha value is -1.85. The van der Waals surface area contributed by atoms with Crippen molar-refractivity contribution in [3.63, 3.8) is 0 Å². The van der Waals surface area contributed by atoms with E-state index >= 15 is 0 Å². The summed E-state index contributed by atoms with van der Waals surface area (Å²) in [6, 6.07) is 0.133. The first kappa shape index (κ1) is 15.2. The van der Waals surface area contributed by atoms with Gasteiger partial charge >= 0.3 is 5.97 Å². The van der Waals surface area contributed by atoms with Crippen LogP contribution in [0.4, 0.5) is 0 Å². The summed E-state index contributed by atoms with van der Waals surface area (Å²) in [5.74, 6) is -1.19. The zero-order valence-electron chi connectivity index (χ0n) is 11.4. The van der Waals surface area contributed by atoms with Crippen LogP contribution in [0.1, 0.15) is 49.9 Å². The lowest BCUT2D eigenvalue weighted by atomic mass is 10.1. The predicted octanol–water partition coefficient (Wildman–Crippen LogP) is 1.67. The standard InChI is InChI=1S/C13H21N3O3/c1-3-4-5-6-10(2)15-12(17)9-16-8-11(7-14-16)13(18)19/h7-8,10H,3-6,9H2,1-2H3,(H,15,17)(H,18,19). The number of aromatic nitrogens is 2. The van der Waals surface area contributed by atoms with Crippen LogP contribution < -0.4 is 5.32 Å². The van der Waals surface area contributed by atoms with E-state index in [1.807, 2.05) is 6.92 Å². The highest BCUT2D eigenvalue weighted by Crippen LogP contribution is 2.03. The van der Waals surface area contributed by atoms with Gasteiger partial charge in [0.2, 0.25) is 5.91 Å². The number of nitrogens with zero attached hydrogens (tertiary/aromatic N) is 2. The van der Waals surface area contributed by atoms with E-state index in [2.05, 4.69) is 17.3 Å². The second-order valence-corrected chi connectivity index (χ2v) is 4.70. The molecular formula is C13H21N3O3. The van der Waals surface area contributed by atoms with Crippen LogP contribution in [-0.4, -0.2) is 32.8 Å². The van der Waals surface area contributed by atoms with Gasteiger partial charge in [0.15, 0.2) is 0 Å². The molecule has 19 heavy (non-hydrogen) atoms. The first-order valence-electron chi connectivity index (χ1n) is 6.58. The van der Waals surface area contributed by atoms with Crippen LogP contribution in [0.2, 0.25) is 0 Å². The molecule has 0 fully saturated rings. The molecule has 0 saturated heterocycles. The summed E-state index contributed by atoms with van der Waals surface area (Å²) in [5.41, 5.74) is 0.0868. The molecule has 2 N–H and O–H groups in total. The van der Waals surface area contributed by atoms with E-state index in [-0.39, 0.29) is 24.1 Å². The van der Waals surface area contributed by atoms with Crippen molar-refractivity contribution in [3.8, 4) is 0 Å². The quantitative estimate of drug-likeness (QED) is 0.702. The molecule has 1 heterocycles. The van der Waals surface area contributed by atoms with Gasteiger partial charge in [-0.1, -0.05) is 26.2 Å². The minimum absolute atomic E-state index is 0.0470. The molecular weight excluding hydrogens is 246 g/mol. The normalized spacial score (nSPS) is 12.1. The largest absolute Gasteiger partial charge is 0.478 e. The predicted molar refractivity (Wildman–Crippen MR) is 70.9 cm³/mol. The average molecular weight is 267 g/mol. The van der Waals surface area contributed by atoms with Crippen LogP contribution in [0.25, 0.3) is 0 Å². The van der Waals surface area contributed by atoms with Crippen LogP contribution in [-0.2, 0) is 11.3 Å². The number of carboxylic acids is 1. The van der Waals surface area contributed by atoms with Crippen LogP contribution in [0.3, 0.4) is 0 Å². The molecule has 1 aromatic heterocycles. The Labute approximate surface area is 112 Å². The highest BCUT2D eigenvalue weighted by molar-refractivity contribution is 5.87. The lowest BCUT2D eigenvalue weighted by Gasteiger charge is -2.13. The smallest absolute Gasteiger partial charge is 0.338 e. The molecule has 0 aromatic carbocycles. The van der Waals surface area contributed by atoms with E-state index < -0.39 is 5.97 Å². The topological polar surface area (TPSA) is 84.2 Å². The number of amides is 1. The monoisotopic (exact) mass is 267 g/mol. The van der Waals surface area contributed by atoms with Crippen molar-refractivity contribution >= 4 is 11.9 Å². The van der Waals surface area contributed by atoms with Gasteiger partial charge < -0.3 is 10.4 Å². The fourth-order valence-electron chi connectivity index (χ4n) is 1.80. The van der Waals surface area contributed by atoms with Crippen molar-refractivity contribution in [1.82, 2.24) is 15.1 Å². The number of hydrogen-bond acceptors (Lipinski definition) is 3. The number of nitrogens with one attached hydrogen (secondary N) is 1. The molecule has 106 valence electrons. The highest BCUT2D eigenvalue weighted by Gasteiger charge is 2.10. The van der Waals surface area contributed by atoms with Gasteiger partial charge in [-0.2, -0.15) is 5.10 Å². The third-order valence-corrected chi connectivity index (χ3v) is 2.83. The molecule has 1 rings (SSSR count). The molecule has 6 heteroatoms. The number of unbranched alkanes of at least 4 members (excludes halogenated alkanes) is 2. The van der Waals surface area contributed by atoms with Gasteiger partial charge in [-0.3, -0.25) is 9.48 Å². The Bertz CT molecular complexity index is 429. The first-order chi connectivity index (χ1) is 9.02. The van der Waals surface area contributed by atoms with E-state index in [1.165, 1.54) is 23.5 Å². The summed E-state index contributed by atoms with van der Waals surface area (Å²) in [4.78, 5) is 22.4. The van der Waals surface area contributed by atoms with Crippen molar-refractivity contribution in [3.05, 3.63) is 18.0 Å². The Morgan fingerprint density at radius 2 is 2.21 bits per heavy atom. The summed E-state index contributed by atoms with van der Waals surface area (Å²) in [7, 11) is 0.